The Morgan fingerprint density at radius 2 is 2.44 bits per heavy atom. The van der Waals surface area contributed by atoms with E-state index in [1.165, 1.54) is 7.11 Å². The number of fused-ring (bicyclic) bond motifs is 1. The molecule has 16 heavy (non-hydrogen) atoms. The molecule has 4 nitrogen and oxygen atoms in total. The average Bonchev–Trinajstić information content (AvgIpc) is 2.29. The summed E-state index contributed by atoms with van der Waals surface area (Å²) in [5.74, 6) is 0.574. The molecule has 1 aliphatic rings. The lowest BCUT2D eigenvalue weighted by Gasteiger charge is -2.25. The van der Waals surface area contributed by atoms with Gasteiger partial charge in [0.1, 0.15) is 11.5 Å². The number of phenolic OH excluding ortho intramolecular Hbond substituents is 1. The molecule has 0 bridgehead atoms. The topological polar surface area (TPSA) is 55.8 Å². The van der Waals surface area contributed by atoms with E-state index in [1.807, 2.05) is 0 Å². The van der Waals surface area contributed by atoms with E-state index >= 15 is 0 Å². The molecule has 0 aromatic heterocycles. The van der Waals surface area contributed by atoms with Crippen LogP contribution in [0.2, 0.25) is 0 Å². The van der Waals surface area contributed by atoms with Crippen molar-refractivity contribution >= 4 is 5.97 Å². The first-order valence-corrected chi connectivity index (χ1v) is 5.24. The van der Waals surface area contributed by atoms with Gasteiger partial charge in [0.05, 0.1) is 20.1 Å². The SMILES string of the molecule is COC(=O)CC1CCOc2cccc(O)c21. The quantitative estimate of drug-likeness (QED) is 0.775. The van der Waals surface area contributed by atoms with Crippen LogP contribution in [0.3, 0.4) is 0 Å². The fourth-order valence-corrected chi connectivity index (χ4v) is 2.01. The van der Waals surface area contributed by atoms with E-state index in [9.17, 15) is 9.90 Å². The summed E-state index contributed by atoms with van der Waals surface area (Å²) in [4.78, 5) is 11.3. The van der Waals surface area contributed by atoms with E-state index in [1.54, 1.807) is 18.2 Å². The molecule has 1 aromatic carbocycles. The molecule has 0 fully saturated rings. The van der Waals surface area contributed by atoms with Crippen LogP contribution in [0, 0.1) is 0 Å². The van der Waals surface area contributed by atoms with Crippen molar-refractivity contribution < 1.29 is 19.4 Å². The van der Waals surface area contributed by atoms with Gasteiger partial charge in [0.15, 0.2) is 0 Å². The molecular weight excluding hydrogens is 208 g/mol. The first-order chi connectivity index (χ1) is 7.72. The highest BCUT2D eigenvalue weighted by molar-refractivity contribution is 5.71. The van der Waals surface area contributed by atoms with E-state index in [4.69, 9.17) is 4.74 Å². The summed E-state index contributed by atoms with van der Waals surface area (Å²) in [6.07, 6.45) is 1.00. The van der Waals surface area contributed by atoms with Crippen LogP contribution in [0.4, 0.5) is 0 Å². The van der Waals surface area contributed by atoms with E-state index < -0.39 is 0 Å². The number of aromatic hydroxyl groups is 1. The highest BCUT2D eigenvalue weighted by Crippen LogP contribution is 2.41. The second-order valence-electron chi connectivity index (χ2n) is 3.80. The Kier molecular flexibility index (Phi) is 2.99. The van der Waals surface area contributed by atoms with Crippen molar-refractivity contribution in [2.24, 2.45) is 0 Å². The minimum Gasteiger partial charge on any atom is -0.508 e. The molecule has 1 aromatic rings. The fourth-order valence-electron chi connectivity index (χ4n) is 2.01. The van der Waals surface area contributed by atoms with Crippen molar-refractivity contribution in [2.45, 2.75) is 18.8 Å². The number of rotatable bonds is 2. The van der Waals surface area contributed by atoms with Crippen LogP contribution in [0.5, 0.6) is 11.5 Å². The van der Waals surface area contributed by atoms with Gasteiger partial charge in [0, 0.05) is 11.5 Å². The van der Waals surface area contributed by atoms with Gasteiger partial charge in [-0.3, -0.25) is 4.79 Å². The number of phenols is 1. The molecule has 1 N–H and O–H groups in total. The maximum absolute atomic E-state index is 11.3. The standard InChI is InChI=1S/C12H14O4/c1-15-11(14)7-8-5-6-16-10-4-2-3-9(13)12(8)10/h2-4,8,13H,5-7H2,1H3. The monoisotopic (exact) mass is 222 g/mol. The third-order valence-electron chi connectivity index (χ3n) is 2.82. The number of methoxy groups -OCH3 is 1. The van der Waals surface area contributed by atoms with E-state index in [0.717, 1.165) is 12.0 Å². The van der Waals surface area contributed by atoms with Crippen molar-refractivity contribution in [3.05, 3.63) is 23.8 Å². The molecule has 0 spiro atoms. The predicted octanol–water partition coefficient (Wildman–Crippen LogP) is 1.82. The first-order valence-electron chi connectivity index (χ1n) is 5.24. The molecule has 1 aliphatic heterocycles. The Morgan fingerprint density at radius 1 is 1.62 bits per heavy atom. The van der Waals surface area contributed by atoms with Gasteiger partial charge in [-0.15, -0.1) is 0 Å². The summed E-state index contributed by atoms with van der Waals surface area (Å²) in [5.41, 5.74) is 0.721. The lowest BCUT2D eigenvalue weighted by atomic mass is 9.89. The lowest BCUT2D eigenvalue weighted by Crippen LogP contribution is -2.17. The predicted molar refractivity (Wildman–Crippen MR) is 57.6 cm³/mol. The van der Waals surface area contributed by atoms with Crippen LogP contribution in [0.15, 0.2) is 18.2 Å². The minimum absolute atomic E-state index is 0.0163. The zero-order valence-electron chi connectivity index (χ0n) is 9.10. The van der Waals surface area contributed by atoms with Gasteiger partial charge in [-0.1, -0.05) is 6.07 Å². The molecule has 0 saturated heterocycles. The molecule has 1 heterocycles. The smallest absolute Gasteiger partial charge is 0.306 e. The number of carbonyl (C=O) groups excluding carboxylic acids is 1. The Balaban J connectivity index is 2.28. The highest BCUT2D eigenvalue weighted by atomic mass is 16.5. The largest absolute Gasteiger partial charge is 0.508 e. The summed E-state index contributed by atoms with van der Waals surface area (Å²) in [6.45, 7) is 0.568. The molecular formula is C12H14O4. The lowest BCUT2D eigenvalue weighted by molar-refractivity contribution is -0.141. The number of benzene rings is 1. The van der Waals surface area contributed by atoms with Gasteiger partial charge in [0.2, 0.25) is 0 Å². The molecule has 2 rings (SSSR count). The molecule has 0 radical (unpaired) electrons. The second kappa shape index (κ2) is 4.43. The van der Waals surface area contributed by atoms with Crippen LogP contribution >= 0.6 is 0 Å². The molecule has 1 unspecified atom stereocenters. The van der Waals surface area contributed by atoms with Gasteiger partial charge >= 0.3 is 5.97 Å². The van der Waals surface area contributed by atoms with Crippen LogP contribution in [-0.4, -0.2) is 24.8 Å². The summed E-state index contributed by atoms with van der Waals surface area (Å²) >= 11 is 0. The zero-order valence-corrected chi connectivity index (χ0v) is 9.10. The van der Waals surface area contributed by atoms with Crippen molar-refractivity contribution in [1.82, 2.24) is 0 Å². The van der Waals surface area contributed by atoms with Crippen LogP contribution in [0.1, 0.15) is 24.3 Å². The number of hydrogen-bond donors (Lipinski definition) is 1. The van der Waals surface area contributed by atoms with Crippen LogP contribution in [0.25, 0.3) is 0 Å². The average molecular weight is 222 g/mol. The van der Waals surface area contributed by atoms with Crippen molar-refractivity contribution in [3.63, 3.8) is 0 Å². The van der Waals surface area contributed by atoms with E-state index in [-0.39, 0.29) is 24.1 Å². The Morgan fingerprint density at radius 3 is 3.19 bits per heavy atom. The van der Waals surface area contributed by atoms with E-state index in [0.29, 0.717) is 12.4 Å². The summed E-state index contributed by atoms with van der Waals surface area (Å²) in [7, 11) is 1.37. The second-order valence-corrected chi connectivity index (χ2v) is 3.80. The number of carbonyl (C=O) groups is 1. The molecule has 86 valence electrons. The molecule has 0 saturated carbocycles. The van der Waals surface area contributed by atoms with Crippen molar-refractivity contribution in [2.75, 3.05) is 13.7 Å². The number of esters is 1. The van der Waals surface area contributed by atoms with E-state index in [2.05, 4.69) is 4.74 Å². The molecule has 1 atom stereocenters. The Hall–Kier alpha value is -1.71. The van der Waals surface area contributed by atoms with Crippen molar-refractivity contribution in [1.29, 1.82) is 0 Å². The van der Waals surface area contributed by atoms with Crippen LogP contribution in [-0.2, 0) is 9.53 Å². The maximum atomic E-state index is 11.3. The Labute approximate surface area is 93.8 Å². The van der Waals surface area contributed by atoms with Gasteiger partial charge < -0.3 is 14.6 Å². The third-order valence-corrected chi connectivity index (χ3v) is 2.82. The normalized spacial score (nSPS) is 18.4. The minimum atomic E-state index is -0.263. The van der Waals surface area contributed by atoms with Crippen LogP contribution < -0.4 is 4.74 Å². The zero-order chi connectivity index (χ0) is 11.5. The summed E-state index contributed by atoms with van der Waals surface area (Å²) in [5, 5.41) is 9.78. The number of ether oxygens (including phenoxy) is 2. The number of hydrogen-bond acceptors (Lipinski definition) is 4. The fraction of sp³-hybridized carbons (Fsp3) is 0.417. The van der Waals surface area contributed by atoms with Gasteiger partial charge in [-0.2, -0.15) is 0 Å². The Bertz CT molecular complexity index is 400. The van der Waals surface area contributed by atoms with Gasteiger partial charge in [-0.05, 0) is 18.6 Å². The van der Waals surface area contributed by atoms with Gasteiger partial charge in [0.25, 0.3) is 0 Å². The van der Waals surface area contributed by atoms with Gasteiger partial charge in [-0.25, -0.2) is 0 Å². The molecule has 0 aliphatic carbocycles. The first kappa shape index (κ1) is 10.8. The summed E-state index contributed by atoms with van der Waals surface area (Å²) < 4.78 is 10.1. The maximum Gasteiger partial charge on any atom is 0.306 e. The highest BCUT2D eigenvalue weighted by Gasteiger charge is 2.26. The third kappa shape index (κ3) is 1.96. The summed E-state index contributed by atoms with van der Waals surface area (Å²) in [6, 6.07) is 5.14. The molecule has 0 amide bonds. The van der Waals surface area contributed by atoms with Crippen molar-refractivity contribution in [3.8, 4) is 11.5 Å². The molecule has 4 heteroatoms.